The van der Waals surface area contributed by atoms with Gasteiger partial charge in [-0.15, -0.1) is 0 Å². The summed E-state index contributed by atoms with van der Waals surface area (Å²) >= 11 is 11.9. The van der Waals surface area contributed by atoms with E-state index in [0.717, 1.165) is 16.7 Å². The molecule has 2 heterocycles. The van der Waals surface area contributed by atoms with Crippen LogP contribution in [0.4, 0.5) is 18.9 Å². The average molecular weight is 548 g/mol. The van der Waals surface area contributed by atoms with E-state index >= 15 is 0 Å². The van der Waals surface area contributed by atoms with Gasteiger partial charge >= 0.3 is 6.18 Å². The first kappa shape index (κ1) is 24.8. The summed E-state index contributed by atoms with van der Waals surface area (Å²) in [6.07, 6.45) is -4.06. The second kappa shape index (κ2) is 8.89. The van der Waals surface area contributed by atoms with E-state index in [0.29, 0.717) is 10.9 Å². The van der Waals surface area contributed by atoms with Gasteiger partial charge in [-0.05, 0) is 42.0 Å². The number of hydrogen-bond acceptors (Lipinski definition) is 5. The number of fused-ring (bicyclic) bond motifs is 1. The second-order valence-corrected chi connectivity index (χ2v) is 9.20. The Balaban J connectivity index is 1.45. The van der Waals surface area contributed by atoms with Crippen molar-refractivity contribution in [3.05, 3.63) is 110 Å². The van der Waals surface area contributed by atoms with Crippen LogP contribution in [0.3, 0.4) is 0 Å². The SMILES string of the molecule is O=C(c1ccc(C2=NOC(c3cc(Cl)cc(Cl)c3)(C(F)(F)F)C2)cc1)n1ccc2cccc([N+](=O)[O-])c21. The quantitative estimate of drug-likeness (QED) is 0.201. The van der Waals surface area contributed by atoms with Crippen LogP contribution >= 0.6 is 23.2 Å². The Labute approximate surface area is 216 Å². The van der Waals surface area contributed by atoms with Gasteiger partial charge in [-0.3, -0.25) is 19.5 Å². The highest BCUT2D eigenvalue weighted by Gasteiger charge is 2.62. The lowest BCUT2D eigenvalue weighted by atomic mass is 9.86. The number of oxime groups is 1. The molecule has 0 aliphatic carbocycles. The summed E-state index contributed by atoms with van der Waals surface area (Å²) in [6.45, 7) is 0. The number of non-ortho nitro benzene ring substituents is 1. The number of alkyl halides is 3. The van der Waals surface area contributed by atoms with Crippen molar-refractivity contribution in [2.45, 2.75) is 18.2 Å². The number of nitro benzene ring substituents is 1. The molecule has 1 aliphatic heterocycles. The number of para-hydroxylation sites is 1. The van der Waals surface area contributed by atoms with Crippen molar-refractivity contribution in [1.82, 2.24) is 4.57 Å². The fraction of sp³-hybridized carbons (Fsp3) is 0.120. The summed E-state index contributed by atoms with van der Waals surface area (Å²) < 4.78 is 43.8. The molecule has 0 saturated carbocycles. The van der Waals surface area contributed by atoms with Crippen molar-refractivity contribution in [1.29, 1.82) is 0 Å². The Morgan fingerprint density at radius 3 is 2.35 bits per heavy atom. The molecule has 1 unspecified atom stereocenters. The molecule has 37 heavy (non-hydrogen) atoms. The maximum absolute atomic E-state index is 14.2. The maximum Gasteiger partial charge on any atom is 0.435 e. The highest BCUT2D eigenvalue weighted by molar-refractivity contribution is 6.34. The van der Waals surface area contributed by atoms with E-state index in [-0.39, 0.29) is 38.1 Å². The number of rotatable bonds is 4. The van der Waals surface area contributed by atoms with Crippen molar-refractivity contribution < 1.29 is 27.7 Å². The Morgan fingerprint density at radius 2 is 1.73 bits per heavy atom. The molecular weight excluding hydrogens is 534 g/mol. The lowest BCUT2D eigenvalue weighted by Crippen LogP contribution is -2.42. The minimum Gasteiger partial charge on any atom is -0.374 e. The van der Waals surface area contributed by atoms with Crippen LogP contribution in [0, 0.1) is 10.1 Å². The number of hydrogen-bond donors (Lipinski definition) is 0. The first-order chi connectivity index (χ1) is 17.5. The summed E-state index contributed by atoms with van der Waals surface area (Å²) in [4.78, 5) is 29.0. The zero-order chi connectivity index (χ0) is 26.5. The summed E-state index contributed by atoms with van der Waals surface area (Å²) in [5.41, 5.74) is -2.67. The topological polar surface area (TPSA) is 86.7 Å². The van der Waals surface area contributed by atoms with Gasteiger partial charge in [0.2, 0.25) is 0 Å². The third-order valence-electron chi connectivity index (χ3n) is 6.09. The van der Waals surface area contributed by atoms with Crippen molar-refractivity contribution in [2.75, 3.05) is 0 Å². The third-order valence-corrected chi connectivity index (χ3v) is 6.52. The second-order valence-electron chi connectivity index (χ2n) is 8.33. The molecule has 0 spiro atoms. The van der Waals surface area contributed by atoms with Gasteiger partial charge in [-0.1, -0.05) is 52.6 Å². The third kappa shape index (κ3) is 4.21. The molecule has 4 aromatic rings. The van der Waals surface area contributed by atoms with E-state index in [1.165, 1.54) is 48.7 Å². The van der Waals surface area contributed by atoms with Gasteiger partial charge in [0, 0.05) is 45.2 Å². The molecule has 0 bridgehead atoms. The van der Waals surface area contributed by atoms with Crippen molar-refractivity contribution in [3.8, 4) is 0 Å². The van der Waals surface area contributed by atoms with Crippen LogP contribution in [0.25, 0.3) is 10.9 Å². The Hall–Kier alpha value is -3.89. The Kier molecular flexibility index (Phi) is 5.96. The molecule has 1 aliphatic rings. The molecule has 7 nitrogen and oxygen atoms in total. The molecule has 0 N–H and O–H groups in total. The van der Waals surface area contributed by atoms with Gasteiger partial charge < -0.3 is 4.84 Å². The Morgan fingerprint density at radius 1 is 1.05 bits per heavy atom. The molecular formula is C25H14Cl2F3N3O4. The number of carbonyl (C=O) groups excluding carboxylic acids is 1. The largest absolute Gasteiger partial charge is 0.435 e. The van der Waals surface area contributed by atoms with E-state index < -0.39 is 29.0 Å². The fourth-order valence-electron chi connectivity index (χ4n) is 4.28. The predicted octanol–water partition coefficient (Wildman–Crippen LogP) is 7.13. The normalized spacial score (nSPS) is 17.5. The number of halogens is 5. The summed E-state index contributed by atoms with van der Waals surface area (Å²) in [6, 6.07) is 15.3. The van der Waals surface area contributed by atoms with E-state index in [1.807, 2.05) is 0 Å². The highest BCUT2D eigenvalue weighted by atomic mass is 35.5. The van der Waals surface area contributed by atoms with Gasteiger partial charge in [0.15, 0.2) is 0 Å². The molecule has 5 rings (SSSR count). The first-order valence-electron chi connectivity index (χ1n) is 10.7. The molecule has 1 aromatic heterocycles. The molecule has 0 radical (unpaired) electrons. The van der Waals surface area contributed by atoms with E-state index in [1.54, 1.807) is 12.1 Å². The maximum atomic E-state index is 14.2. The van der Waals surface area contributed by atoms with Crippen molar-refractivity contribution in [3.63, 3.8) is 0 Å². The molecule has 188 valence electrons. The molecule has 1 atom stereocenters. The van der Waals surface area contributed by atoms with Crippen LogP contribution in [0.2, 0.25) is 10.0 Å². The molecule has 0 saturated heterocycles. The van der Waals surface area contributed by atoms with E-state index in [9.17, 15) is 28.1 Å². The smallest absolute Gasteiger partial charge is 0.374 e. The zero-order valence-corrected chi connectivity index (χ0v) is 20.0. The lowest BCUT2D eigenvalue weighted by Gasteiger charge is -2.29. The minimum absolute atomic E-state index is 0.00877. The van der Waals surface area contributed by atoms with Gasteiger partial charge in [0.1, 0.15) is 5.52 Å². The number of nitro groups is 1. The van der Waals surface area contributed by atoms with Crippen LogP contribution in [0.1, 0.15) is 27.9 Å². The molecule has 0 fully saturated rings. The van der Waals surface area contributed by atoms with Crippen LogP contribution in [-0.4, -0.2) is 27.3 Å². The number of carbonyl (C=O) groups is 1. The summed E-state index contributed by atoms with van der Waals surface area (Å²) in [5.74, 6) is -0.543. The zero-order valence-electron chi connectivity index (χ0n) is 18.5. The standard InChI is InChI=1S/C25H14Cl2F3N3O4/c26-18-10-17(11-19(27)12-18)24(25(28,29)30)13-20(31-37-24)14-4-6-16(7-5-14)23(34)32-9-8-15-2-1-3-21(22(15)32)33(35)36/h1-12H,13H2. The molecule has 12 heteroatoms. The first-order valence-corrected chi connectivity index (χ1v) is 11.4. The van der Waals surface area contributed by atoms with E-state index in [4.69, 9.17) is 28.0 Å². The van der Waals surface area contributed by atoms with Gasteiger partial charge in [-0.25, -0.2) is 0 Å². The van der Waals surface area contributed by atoms with Gasteiger partial charge in [-0.2, -0.15) is 13.2 Å². The fourth-order valence-corrected chi connectivity index (χ4v) is 4.81. The summed E-state index contributed by atoms with van der Waals surface area (Å²) in [7, 11) is 0. The lowest BCUT2D eigenvalue weighted by molar-refractivity contribution is -0.383. The van der Waals surface area contributed by atoms with E-state index in [2.05, 4.69) is 5.16 Å². The summed E-state index contributed by atoms with van der Waals surface area (Å²) in [5, 5.41) is 15.7. The van der Waals surface area contributed by atoms with Gasteiger partial charge in [0.25, 0.3) is 17.2 Å². The van der Waals surface area contributed by atoms with Crippen LogP contribution in [-0.2, 0) is 10.4 Å². The van der Waals surface area contributed by atoms with Crippen molar-refractivity contribution >= 4 is 51.4 Å². The number of aromatic nitrogens is 1. The average Bonchev–Trinajstić information content (AvgIpc) is 3.49. The minimum atomic E-state index is -4.84. The number of benzene rings is 3. The van der Waals surface area contributed by atoms with Gasteiger partial charge in [0.05, 0.1) is 10.6 Å². The predicted molar refractivity (Wildman–Crippen MR) is 131 cm³/mol. The monoisotopic (exact) mass is 547 g/mol. The number of nitrogens with zero attached hydrogens (tertiary/aromatic N) is 3. The van der Waals surface area contributed by atoms with Crippen molar-refractivity contribution in [2.24, 2.45) is 5.16 Å². The molecule has 0 amide bonds. The van der Waals surface area contributed by atoms with Crippen LogP contribution in [0.5, 0.6) is 0 Å². The molecule has 3 aromatic carbocycles. The highest BCUT2D eigenvalue weighted by Crippen LogP contribution is 2.49. The van der Waals surface area contributed by atoms with Crippen LogP contribution < -0.4 is 0 Å². The van der Waals surface area contributed by atoms with Crippen LogP contribution in [0.15, 0.2) is 78.1 Å². The Bertz CT molecular complexity index is 1580.